The van der Waals surface area contributed by atoms with E-state index in [0.29, 0.717) is 18.2 Å². The Morgan fingerprint density at radius 1 is 1.00 bits per heavy atom. The van der Waals surface area contributed by atoms with Gasteiger partial charge in [-0.2, -0.15) is 0 Å². The Labute approximate surface area is 181 Å². The number of nitrogens with one attached hydrogen (secondary N) is 1. The first-order valence-electron chi connectivity index (χ1n) is 10.6. The zero-order valence-corrected chi connectivity index (χ0v) is 17.3. The van der Waals surface area contributed by atoms with Crippen molar-refractivity contribution in [1.29, 1.82) is 0 Å². The maximum Gasteiger partial charge on any atom is 0.273 e. The highest BCUT2D eigenvalue weighted by Crippen LogP contribution is 2.25. The molecule has 0 aromatic heterocycles. The zero-order chi connectivity index (χ0) is 21.6. The van der Waals surface area contributed by atoms with Gasteiger partial charge in [-0.15, -0.1) is 0 Å². The molecule has 6 heteroatoms. The molecule has 0 saturated heterocycles. The first-order chi connectivity index (χ1) is 15.1. The standard InChI is InChI=1S/C25H26FN3O2/c26-23-11-9-19(10-12-23)15-24-16-20-5-1-2-7-22(20)18-28(24)14-13-27-17-21-6-3-4-8-25(21)29(30)31/h1-12,24,27H,13-18H2. The number of rotatable bonds is 8. The van der Waals surface area contributed by atoms with Crippen molar-refractivity contribution in [1.82, 2.24) is 10.2 Å². The second-order valence-corrected chi connectivity index (χ2v) is 7.99. The molecule has 1 heterocycles. The van der Waals surface area contributed by atoms with Crippen LogP contribution in [0, 0.1) is 15.9 Å². The van der Waals surface area contributed by atoms with E-state index in [-0.39, 0.29) is 16.4 Å². The monoisotopic (exact) mass is 419 g/mol. The predicted molar refractivity (Wildman–Crippen MR) is 119 cm³/mol. The first-order valence-corrected chi connectivity index (χ1v) is 10.6. The molecule has 0 bridgehead atoms. The molecule has 5 nitrogen and oxygen atoms in total. The van der Waals surface area contributed by atoms with Gasteiger partial charge in [-0.25, -0.2) is 4.39 Å². The van der Waals surface area contributed by atoms with Crippen LogP contribution in [0.15, 0.2) is 72.8 Å². The Bertz CT molecular complexity index is 1040. The van der Waals surface area contributed by atoms with Crippen LogP contribution in [-0.4, -0.2) is 29.0 Å². The van der Waals surface area contributed by atoms with Gasteiger partial charge in [0.2, 0.25) is 0 Å². The van der Waals surface area contributed by atoms with Crippen LogP contribution in [-0.2, 0) is 25.9 Å². The van der Waals surface area contributed by atoms with Gasteiger partial charge >= 0.3 is 0 Å². The molecule has 3 aromatic rings. The topological polar surface area (TPSA) is 58.4 Å². The summed E-state index contributed by atoms with van der Waals surface area (Å²) in [5.74, 6) is -0.214. The number of para-hydroxylation sites is 1. The van der Waals surface area contributed by atoms with Crippen molar-refractivity contribution in [3.05, 3.63) is 111 Å². The summed E-state index contributed by atoms with van der Waals surface area (Å²) in [6, 6.07) is 22.5. The van der Waals surface area contributed by atoms with Gasteiger partial charge in [-0.1, -0.05) is 54.6 Å². The average molecular weight is 420 g/mol. The van der Waals surface area contributed by atoms with E-state index in [9.17, 15) is 14.5 Å². The minimum atomic E-state index is -0.336. The number of benzene rings is 3. The Morgan fingerprint density at radius 2 is 1.71 bits per heavy atom. The molecule has 0 saturated carbocycles. The van der Waals surface area contributed by atoms with Gasteiger partial charge in [-0.05, 0) is 41.7 Å². The molecule has 4 rings (SSSR count). The highest BCUT2D eigenvalue weighted by Gasteiger charge is 2.25. The fourth-order valence-electron chi connectivity index (χ4n) is 4.28. The molecular weight excluding hydrogens is 393 g/mol. The molecule has 1 aliphatic heterocycles. The number of hydrogen-bond acceptors (Lipinski definition) is 4. The summed E-state index contributed by atoms with van der Waals surface area (Å²) in [7, 11) is 0. The molecule has 160 valence electrons. The van der Waals surface area contributed by atoms with Crippen molar-refractivity contribution in [2.75, 3.05) is 13.1 Å². The van der Waals surface area contributed by atoms with Crippen molar-refractivity contribution < 1.29 is 9.31 Å². The summed E-state index contributed by atoms with van der Waals surface area (Å²) in [5.41, 5.74) is 4.69. The van der Waals surface area contributed by atoms with E-state index in [1.54, 1.807) is 12.1 Å². The molecule has 3 aromatic carbocycles. The number of nitro groups is 1. The molecule has 31 heavy (non-hydrogen) atoms. The van der Waals surface area contributed by atoms with Crippen LogP contribution in [0.1, 0.15) is 22.3 Å². The molecule has 0 amide bonds. The third kappa shape index (κ3) is 5.34. The molecule has 1 unspecified atom stereocenters. The van der Waals surface area contributed by atoms with E-state index >= 15 is 0 Å². The number of nitrogens with zero attached hydrogens (tertiary/aromatic N) is 2. The summed E-state index contributed by atoms with van der Waals surface area (Å²) in [5, 5.41) is 14.6. The SMILES string of the molecule is O=[N+]([O-])c1ccccc1CNCCN1Cc2ccccc2CC1Cc1ccc(F)cc1. The molecule has 1 N–H and O–H groups in total. The normalized spacial score (nSPS) is 16.1. The summed E-state index contributed by atoms with van der Waals surface area (Å²) in [4.78, 5) is 13.3. The van der Waals surface area contributed by atoms with Crippen molar-refractivity contribution >= 4 is 5.69 Å². The lowest BCUT2D eigenvalue weighted by Gasteiger charge is -2.37. The first kappa shape index (κ1) is 21.2. The minimum absolute atomic E-state index is 0.149. The fraction of sp³-hybridized carbons (Fsp3) is 0.280. The summed E-state index contributed by atoms with van der Waals surface area (Å²) >= 11 is 0. The minimum Gasteiger partial charge on any atom is -0.311 e. The van der Waals surface area contributed by atoms with Crippen LogP contribution >= 0.6 is 0 Å². The number of nitro benzene ring substituents is 1. The highest BCUT2D eigenvalue weighted by atomic mass is 19.1. The molecule has 0 aliphatic carbocycles. The van der Waals surface area contributed by atoms with Crippen LogP contribution in [0.25, 0.3) is 0 Å². The van der Waals surface area contributed by atoms with Gasteiger partial charge < -0.3 is 5.32 Å². The summed E-state index contributed by atoms with van der Waals surface area (Å²) in [6.07, 6.45) is 1.82. The van der Waals surface area contributed by atoms with E-state index in [2.05, 4.69) is 34.5 Å². The van der Waals surface area contributed by atoms with E-state index in [1.165, 1.54) is 29.3 Å². The average Bonchev–Trinajstić information content (AvgIpc) is 2.78. The summed E-state index contributed by atoms with van der Waals surface area (Å²) < 4.78 is 13.3. The second kappa shape index (κ2) is 9.81. The third-order valence-electron chi connectivity index (χ3n) is 5.93. The maximum atomic E-state index is 13.3. The lowest BCUT2D eigenvalue weighted by Crippen LogP contribution is -2.44. The Balaban J connectivity index is 1.40. The van der Waals surface area contributed by atoms with Crippen molar-refractivity contribution in [2.45, 2.75) is 32.0 Å². The van der Waals surface area contributed by atoms with Crippen LogP contribution in [0.5, 0.6) is 0 Å². The van der Waals surface area contributed by atoms with Gasteiger partial charge in [0.25, 0.3) is 5.69 Å². The van der Waals surface area contributed by atoms with Crippen LogP contribution in [0.2, 0.25) is 0 Å². The van der Waals surface area contributed by atoms with Crippen LogP contribution in [0.3, 0.4) is 0 Å². The molecular formula is C25H26FN3O2. The van der Waals surface area contributed by atoms with Gasteiger partial charge in [0.1, 0.15) is 5.82 Å². The number of hydrogen-bond donors (Lipinski definition) is 1. The molecule has 0 radical (unpaired) electrons. The molecule has 0 fully saturated rings. The van der Waals surface area contributed by atoms with Gasteiger partial charge in [-0.3, -0.25) is 15.0 Å². The smallest absolute Gasteiger partial charge is 0.273 e. The van der Waals surface area contributed by atoms with Crippen molar-refractivity contribution in [3.63, 3.8) is 0 Å². The lowest BCUT2D eigenvalue weighted by atomic mass is 9.90. The largest absolute Gasteiger partial charge is 0.311 e. The Hall–Kier alpha value is -3.09. The molecule has 1 aliphatic rings. The molecule has 1 atom stereocenters. The van der Waals surface area contributed by atoms with Crippen LogP contribution in [0.4, 0.5) is 10.1 Å². The van der Waals surface area contributed by atoms with Gasteiger partial charge in [0.15, 0.2) is 0 Å². The number of fused-ring (bicyclic) bond motifs is 1. The van der Waals surface area contributed by atoms with Gasteiger partial charge in [0, 0.05) is 43.9 Å². The van der Waals surface area contributed by atoms with E-state index in [1.807, 2.05) is 18.2 Å². The highest BCUT2D eigenvalue weighted by molar-refractivity contribution is 5.39. The lowest BCUT2D eigenvalue weighted by molar-refractivity contribution is -0.385. The Kier molecular flexibility index (Phi) is 6.70. The van der Waals surface area contributed by atoms with Crippen LogP contribution < -0.4 is 5.32 Å². The fourth-order valence-corrected chi connectivity index (χ4v) is 4.28. The van der Waals surface area contributed by atoms with E-state index < -0.39 is 0 Å². The van der Waals surface area contributed by atoms with E-state index in [4.69, 9.17) is 0 Å². The number of halogens is 1. The third-order valence-corrected chi connectivity index (χ3v) is 5.93. The van der Waals surface area contributed by atoms with E-state index in [0.717, 1.165) is 38.0 Å². The Morgan fingerprint density at radius 3 is 2.48 bits per heavy atom. The summed E-state index contributed by atoms with van der Waals surface area (Å²) in [6.45, 7) is 2.90. The van der Waals surface area contributed by atoms with Crippen molar-refractivity contribution in [2.24, 2.45) is 0 Å². The predicted octanol–water partition coefficient (Wildman–Crippen LogP) is 4.49. The second-order valence-electron chi connectivity index (χ2n) is 7.99. The maximum absolute atomic E-state index is 13.3. The zero-order valence-electron chi connectivity index (χ0n) is 17.3. The quantitative estimate of drug-likeness (QED) is 0.332. The molecule has 0 spiro atoms. The van der Waals surface area contributed by atoms with Crippen molar-refractivity contribution in [3.8, 4) is 0 Å². The van der Waals surface area contributed by atoms with Gasteiger partial charge in [0.05, 0.1) is 4.92 Å².